The summed E-state index contributed by atoms with van der Waals surface area (Å²) in [4.78, 5) is 26.0. The molecule has 2 aromatic carbocycles. The van der Waals surface area contributed by atoms with Crippen LogP contribution in [0, 0.1) is 11.7 Å². The zero-order chi connectivity index (χ0) is 19.6. The Bertz CT molecular complexity index is 750. The fourth-order valence-electron chi connectivity index (χ4n) is 2.61. The quantitative estimate of drug-likeness (QED) is 0.675. The van der Waals surface area contributed by atoms with Crippen molar-refractivity contribution in [3.8, 4) is 0 Å². The topological polar surface area (TPSA) is 61.4 Å². The zero-order valence-electron chi connectivity index (χ0n) is 15.7. The van der Waals surface area contributed by atoms with E-state index in [1.54, 1.807) is 17.0 Å². The van der Waals surface area contributed by atoms with Crippen molar-refractivity contribution in [1.82, 2.24) is 5.32 Å². The van der Waals surface area contributed by atoms with Gasteiger partial charge < -0.3 is 10.6 Å². The molecule has 0 atom stereocenters. The second-order valence-corrected chi connectivity index (χ2v) is 6.70. The van der Waals surface area contributed by atoms with Gasteiger partial charge in [-0.25, -0.2) is 9.18 Å². The molecule has 2 rings (SSSR count). The summed E-state index contributed by atoms with van der Waals surface area (Å²) in [6.45, 7) is 4.85. The highest BCUT2D eigenvalue weighted by atomic mass is 19.1. The summed E-state index contributed by atoms with van der Waals surface area (Å²) >= 11 is 0. The highest BCUT2D eigenvalue weighted by Crippen LogP contribution is 2.18. The van der Waals surface area contributed by atoms with Crippen molar-refractivity contribution in [3.63, 3.8) is 0 Å². The summed E-state index contributed by atoms with van der Waals surface area (Å²) in [6, 6.07) is 14.8. The smallest absolute Gasteiger partial charge is 0.326 e. The van der Waals surface area contributed by atoms with Gasteiger partial charge in [-0.15, -0.1) is 0 Å². The number of hydrogen-bond acceptors (Lipinski definition) is 2. The lowest BCUT2D eigenvalue weighted by Crippen LogP contribution is -2.37. The molecule has 144 valence electrons. The van der Waals surface area contributed by atoms with E-state index in [9.17, 15) is 14.0 Å². The van der Waals surface area contributed by atoms with Crippen molar-refractivity contribution in [2.75, 3.05) is 23.3 Å². The van der Waals surface area contributed by atoms with Gasteiger partial charge >= 0.3 is 6.03 Å². The van der Waals surface area contributed by atoms with Gasteiger partial charge in [-0.1, -0.05) is 44.2 Å². The minimum atomic E-state index is -0.486. The van der Waals surface area contributed by atoms with E-state index >= 15 is 0 Å². The van der Waals surface area contributed by atoms with Crippen LogP contribution in [-0.4, -0.2) is 25.0 Å². The molecule has 0 aliphatic heterocycles. The van der Waals surface area contributed by atoms with Crippen molar-refractivity contribution in [2.24, 2.45) is 5.92 Å². The molecule has 0 unspecified atom stereocenters. The molecule has 0 spiro atoms. The molecule has 3 amide bonds. The SMILES string of the molecule is CC(C)CC(=O)NCCCN(C(=O)Nc1ccccc1F)c1ccccc1. The molecule has 0 saturated carbocycles. The Labute approximate surface area is 159 Å². The third-order valence-electron chi connectivity index (χ3n) is 3.90. The van der Waals surface area contributed by atoms with Crippen molar-refractivity contribution in [3.05, 3.63) is 60.4 Å². The van der Waals surface area contributed by atoms with Crippen LogP contribution in [0.2, 0.25) is 0 Å². The van der Waals surface area contributed by atoms with Gasteiger partial charge in [0, 0.05) is 25.2 Å². The Hall–Kier alpha value is -2.89. The van der Waals surface area contributed by atoms with Crippen LogP contribution in [0.5, 0.6) is 0 Å². The fraction of sp³-hybridized carbons (Fsp3) is 0.333. The van der Waals surface area contributed by atoms with Crippen LogP contribution < -0.4 is 15.5 Å². The minimum Gasteiger partial charge on any atom is -0.356 e. The molecule has 2 N–H and O–H groups in total. The highest BCUT2D eigenvalue weighted by molar-refractivity contribution is 6.01. The van der Waals surface area contributed by atoms with Crippen LogP contribution >= 0.6 is 0 Å². The molecular weight excluding hydrogens is 345 g/mol. The average molecular weight is 371 g/mol. The van der Waals surface area contributed by atoms with Gasteiger partial charge in [0.05, 0.1) is 5.69 Å². The van der Waals surface area contributed by atoms with Gasteiger partial charge in [-0.3, -0.25) is 9.69 Å². The average Bonchev–Trinajstić information content (AvgIpc) is 2.63. The Morgan fingerprint density at radius 2 is 1.70 bits per heavy atom. The number of benzene rings is 2. The van der Waals surface area contributed by atoms with Crippen molar-refractivity contribution >= 4 is 23.3 Å². The van der Waals surface area contributed by atoms with Crippen LogP contribution in [0.3, 0.4) is 0 Å². The number of hydrogen-bond donors (Lipinski definition) is 2. The minimum absolute atomic E-state index is 0.00655. The molecule has 0 radical (unpaired) electrons. The molecule has 0 aromatic heterocycles. The van der Waals surface area contributed by atoms with Crippen LogP contribution in [0.4, 0.5) is 20.6 Å². The normalized spacial score (nSPS) is 10.5. The number of rotatable bonds is 8. The summed E-state index contributed by atoms with van der Waals surface area (Å²) in [6.07, 6.45) is 1.07. The molecule has 0 bridgehead atoms. The molecule has 0 heterocycles. The Kier molecular flexibility index (Phi) is 7.79. The number of para-hydroxylation sites is 2. The van der Waals surface area contributed by atoms with E-state index < -0.39 is 11.8 Å². The number of nitrogens with zero attached hydrogens (tertiary/aromatic N) is 1. The van der Waals surface area contributed by atoms with Crippen molar-refractivity contribution in [1.29, 1.82) is 0 Å². The lowest BCUT2D eigenvalue weighted by atomic mass is 10.1. The van der Waals surface area contributed by atoms with Gasteiger partial charge in [0.25, 0.3) is 0 Å². The maximum atomic E-state index is 13.8. The third-order valence-corrected chi connectivity index (χ3v) is 3.90. The number of urea groups is 1. The van der Waals surface area contributed by atoms with E-state index in [-0.39, 0.29) is 11.6 Å². The number of amides is 3. The molecular formula is C21H26FN3O2. The zero-order valence-corrected chi connectivity index (χ0v) is 15.7. The van der Waals surface area contributed by atoms with E-state index in [4.69, 9.17) is 0 Å². The maximum Gasteiger partial charge on any atom is 0.326 e. The number of halogens is 1. The lowest BCUT2D eigenvalue weighted by molar-refractivity contribution is -0.121. The Morgan fingerprint density at radius 3 is 2.37 bits per heavy atom. The van der Waals surface area contributed by atoms with Crippen LogP contribution in [0.25, 0.3) is 0 Å². The summed E-state index contributed by atoms with van der Waals surface area (Å²) in [5.74, 6) is -0.177. The molecule has 2 aromatic rings. The predicted molar refractivity (Wildman–Crippen MR) is 106 cm³/mol. The van der Waals surface area contributed by atoms with Crippen molar-refractivity contribution < 1.29 is 14.0 Å². The fourth-order valence-corrected chi connectivity index (χ4v) is 2.61. The van der Waals surface area contributed by atoms with Gasteiger partial charge in [0.2, 0.25) is 5.91 Å². The molecule has 27 heavy (non-hydrogen) atoms. The first-order valence-corrected chi connectivity index (χ1v) is 9.12. The number of anilines is 2. The van der Waals surface area contributed by atoms with Crippen LogP contribution in [0.1, 0.15) is 26.7 Å². The van der Waals surface area contributed by atoms with E-state index in [2.05, 4.69) is 10.6 Å². The first-order valence-electron chi connectivity index (χ1n) is 9.12. The molecule has 6 heteroatoms. The lowest BCUT2D eigenvalue weighted by Gasteiger charge is -2.23. The predicted octanol–water partition coefficient (Wildman–Crippen LogP) is 4.42. The summed E-state index contributed by atoms with van der Waals surface area (Å²) < 4.78 is 13.8. The maximum absolute atomic E-state index is 13.8. The summed E-state index contributed by atoms with van der Waals surface area (Å²) in [5.41, 5.74) is 0.841. The standard InChI is InChI=1S/C21H26FN3O2/c1-16(2)15-20(26)23-13-8-14-25(17-9-4-3-5-10-17)21(27)24-19-12-7-6-11-18(19)22/h3-7,9-12,16H,8,13-15H2,1-2H3,(H,23,26)(H,24,27). The molecule has 0 aliphatic carbocycles. The molecule has 0 saturated heterocycles. The van der Waals surface area contributed by atoms with Crippen LogP contribution in [0.15, 0.2) is 54.6 Å². The highest BCUT2D eigenvalue weighted by Gasteiger charge is 2.17. The number of nitrogens with one attached hydrogen (secondary N) is 2. The first kappa shape index (κ1) is 20.4. The largest absolute Gasteiger partial charge is 0.356 e. The van der Waals surface area contributed by atoms with E-state index in [0.717, 1.165) is 0 Å². The van der Waals surface area contributed by atoms with Gasteiger partial charge in [0.1, 0.15) is 5.82 Å². The van der Waals surface area contributed by atoms with Gasteiger partial charge in [0.15, 0.2) is 0 Å². The number of carbonyl (C=O) groups excluding carboxylic acids is 2. The second-order valence-electron chi connectivity index (χ2n) is 6.70. The second kappa shape index (κ2) is 10.3. The summed E-state index contributed by atoms with van der Waals surface area (Å²) in [7, 11) is 0. The molecule has 0 aliphatic rings. The Morgan fingerprint density at radius 1 is 1.04 bits per heavy atom. The number of carbonyl (C=O) groups is 2. The summed E-state index contributed by atoms with van der Waals surface area (Å²) in [5, 5.41) is 5.47. The third kappa shape index (κ3) is 6.73. The first-order chi connectivity index (χ1) is 13.0. The monoisotopic (exact) mass is 371 g/mol. The van der Waals surface area contributed by atoms with Crippen molar-refractivity contribution in [2.45, 2.75) is 26.7 Å². The van der Waals surface area contributed by atoms with E-state index in [0.29, 0.717) is 37.5 Å². The van der Waals surface area contributed by atoms with E-state index in [1.807, 2.05) is 44.2 Å². The Balaban J connectivity index is 1.99. The van der Waals surface area contributed by atoms with E-state index in [1.165, 1.54) is 12.1 Å². The van der Waals surface area contributed by atoms with Gasteiger partial charge in [-0.2, -0.15) is 0 Å². The molecule has 5 nitrogen and oxygen atoms in total. The molecule has 0 fully saturated rings. The van der Waals surface area contributed by atoms with Crippen LogP contribution in [-0.2, 0) is 4.79 Å². The van der Waals surface area contributed by atoms with Gasteiger partial charge in [-0.05, 0) is 36.6 Å².